The molecule has 0 saturated carbocycles. The molecular formula is C25H16O2. The third kappa shape index (κ3) is 1.61. The number of hydrogen-bond acceptors (Lipinski definition) is 2. The Morgan fingerprint density at radius 1 is 0.444 bits per heavy atom. The van der Waals surface area contributed by atoms with Gasteiger partial charge in [-0.05, 0) is 68.8 Å². The smallest absolute Gasteiger partial charge is 0.116 e. The van der Waals surface area contributed by atoms with Gasteiger partial charge in [0.2, 0.25) is 0 Å². The van der Waals surface area contributed by atoms with Crippen LogP contribution in [0.2, 0.25) is 0 Å². The van der Waals surface area contributed by atoms with Crippen LogP contribution in [-0.4, -0.2) is 10.2 Å². The Hall–Kier alpha value is -3.52. The minimum Gasteiger partial charge on any atom is -0.508 e. The molecule has 0 saturated heterocycles. The molecule has 0 fully saturated rings. The first-order chi connectivity index (χ1) is 13.2. The van der Waals surface area contributed by atoms with E-state index in [0.29, 0.717) is 0 Å². The standard InChI is InChI=1S/C25H16O2/c26-15-9-11-23-19(13-15)20-14-16(27)10-12-24(20)25(23)21-7-3-1-5-17(21)18-6-2-4-8-22(18)25/h1-14,26-27H. The molecule has 0 amide bonds. The van der Waals surface area contributed by atoms with Gasteiger partial charge in [-0.3, -0.25) is 0 Å². The van der Waals surface area contributed by atoms with Gasteiger partial charge in [-0.15, -0.1) is 0 Å². The Kier molecular flexibility index (Phi) is 2.60. The van der Waals surface area contributed by atoms with Crippen molar-refractivity contribution in [3.05, 3.63) is 107 Å². The van der Waals surface area contributed by atoms with Gasteiger partial charge in [0, 0.05) is 0 Å². The van der Waals surface area contributed by atoms with Gasteiger partial charge in [0.05, 0.1) is 5.41 Å². The molecule has 128 valence electrons. The summed E-state index contributed by atoms with van der Waals surface area (Å²) in [7, 11) is 0. The molecule has 2 nitrogen and oxygen atoms in total. The summed E-state index contributed by atoms with van der Waals surface area (Å²) in [5.41, 5.74) is 8.84. The molecule has 1 spiro atoms. The van der Waals surface area contributed by atoms with E-state index >= 15 is 0 Å². The van der Waals surface area contributed by atoms with Crippen molar-refractivity contribution in [1.82, 2.24) is 0 Å². The fourth-order valence-corrected chi connectivity index (χ4v) is 5.12. The highest BCUT2D eigenvalue weighted by Gasteiger charge is 2.51. The first-order valence-electron chi connectivity index (χ1n) is 9.08. The number of rotatable bonds is 0. The molecular weight excluding hydrogens is 332 g/mol. The van der Waals surface area contributed by atoms with Gasteiger partial charge >= 0.3 is 0 Å². The van der Waals surface area contributed by atoms with Crippen molar-refractivity contribution in [2.24, 2.45) is 0 Å². The number of aromatic hydroxyl groups is 2. The van der Waals surface area contributed by atoms with Gasteiger partial charge in [-0.1, -0.05) is 60.7 Å². The molecule has 4 aromatic carbocycles. The van der Waals surface area contributed by atoms with E-state index in [1.807, 2.05) is 24.3 Å². The Morgan fingerprint density at radius 2 is 0.852 bits per heavy atom. The summed E-state index contributed by atoms with van der Waals surface area (Å²) in [6, 6.07) is 28.3. The molecule has 2 N–H and O–H groups in total. The van der Waals surface area contributed by atoms with Crippen LogP contribution in [-0.2, 0) is 5.41 Å². The Morgan fingerprint density at radius 3 is 1.33 bits per heavy atom. The van der Waals surface area contributed by atoms with Crippen LogP contribution in [0.15, 0.2) is 84.9 Å². The molecule has 2 aliphatic rings. The minimum absolute atomic E-state index is 0.236. The van der Waals surface area contributed by atoms with E-state index in [1.54, 1.807) is 12.1 Å². The molecule has 0 bridgehead atoms. The quantitative estimate of drug-likeness (QED) is 0.384. The lowest BCUT2D eigenvalue weighted by molar-refractivity contribution is 0.474. The van der Waals surface area contributed by atoms with Crippen LogP contribution < -0.4 is 0 Å². The summed E-state index contributed by atoms with van der Waals surface area (Å²) in [5, 5.41) is 20.3. The number of hydrogen-bond donors (Lipinski definition) is 2. The van der Waals surface area contributed by atoms with Crippen molar-refractivity contribution in [2.45, 2.75) is 5.41 Å². The summed E-state index contributed by atoms with van der Waals surface area (Å²) in [6.07, 6.45) is 0. The van der Waals surface area contributed by atoms with Gasteiger partial charge in [0.1, 0.15) is 11.5 Å². The molecule has 6 rings (SSSR count). The predicted octanol–water partition coefficient (Wildman–Crippen LogP) is 5.44. The normalized spacial score (nSPS) is 14.5. The zero-order valence-electron chi connectivity index (χ0n) is 14.5. The zero-order chi connectivity index (χ0) is 18.2. The second kappa shape index (κ2) is 4.80. The molecule has 2 heteroatoms. The lowest BCUT2D eigenvalue weighted by atomic mass is 9.70. The maximum absolute atomic E-state index is 10.2. The molecule has 0 aromatic heterocycles. The Balaban J connectivity index is 1.86. The average Bonchev–Trinajstić information content (AvgIpc) is 3.14. The second-order valence-corrected chi connectivity index (χ2v) is 7.30. The summed E-state index contributed by atoms with van der Waals surface area (Å²) < 4.78 is 0. The number of phenolic OH excluding ortho intramolecular Hbond substituents is 2. The highest BCUT2D eigenvalue weighted by molar-refractivity contribution is 5.95. The van der Waals surface area contributed by atoms with E-state index < -0.39 is 5.41 Å². The predicted molar refractivity (Wildman–Crippen MR) is 106 cm³/mol. The summed E-state index contributed by atoms with van der Waals surface area (Å²) >= 11 is 0. The van der Waals surface area contributed by atoms with Crippen LogP contribution in [0.3, 0.4) is 0 Å². The molecule has 0 atom stereocenters. The van der Waals surface area contributed by atoms with Gasteiger partial charge < -0.3 is 10.2 Å². The van der Waals surface area contributed by atoms with Crippen molar-refractivity contribution >= 4 is 0 Å². The van der Waals surface area contributed by atoms with Gasteiger partial charge in [-0.2, -0.15) is 0 Å². The van der Waals surface area contributed by atoms with E-state index in [1.165, 1.54) is 22.3 Å². The fraction of sp³-hybridized carbons (Fsp3) is 0.0400. The van der Waals surface area contributed by atoms with Gasteiger partial charge in [-0.25, -0.2) is 0 Å². The second-order valence-electron chi connectivity index (χ2n) is 7.30. The fourth-order valence-electron chi connectivity index (χ4n) is 5.12. The van der Waals surface area contributed by atoms with Crippen LogP contribution in [0.4, 0.5) is 0 Å². The van der Waals surface area contributed by atoms with E-state index in [-0.39, 0.29) is 11.5 Å². The summed E-state index contributed by atoms with van der Waals surface area (Å²) in [5.74, 6) is 0.472. The molecule has 0 heterocycles. The molecule has 0 unspecified atom stereocenters. The molecule has 0 aliphatic heterocycles. The SMILES string of the molecule is Oc1ccc2c(c1)-c1cc(O)ccc1C21c2ccccc2-c2ccccc21. The molecule has 27 heavy (non-hydrogen) atoms. The number of benzene rings is 4. The zero-order valence-corrected chi connectivity index (χ0v) is 14.5. The van der Waals surface area contributed by atoms with E-state index in [0.717, 1.165) is 22.3 Å². The van der Waals surface area contributed by atoms with Gasteiger partial charge in [0.15, 0.2) is 0 Å². The van der Waals surface area contributed by atoms with Crippen molar-refractivity contribution in [2.75, 3.05) is 0 Å². The molecule has 4 aromatic rings. The maximum atomic E-state index is 10.2. The Bertz CT molecular complexity index is 1150. The van der Waals surface area contributed by atoms with Crippen molar-refractivity contribution in [3.8, 4) is 33.8 Å². The van der Waals surface area contributed by atoms with Crippen molar-refractivity contribution in [3.63, 3.8) is 0 Å². The third-order valence-electron chi connectivity index (χ3n) is 6.06. The van der Waals surface area contributed by atoms with Crippen molar-refractivity contribution in [1.29, 1.82) is 0 Å². The number of phenols is 2. The van der Waals surface area contributed by atoms with Crippen LogP contribution >= 0.6 is 0 Å². The van der Waals surface area contributed by atoms with Crippen LogP contribution in [0.25, 0.3) is 22.3 Å². The van der Waals surface area contributed by atoms with Crippen molar-refractivity contribution < 1.29 is 10.2 Å². The minimum atomic E-state index is -0.417. The average molecular weight is 348 g/mol. The lowest BCUT2D eigenvalue weighted by Crippen LogP contribution is -2.25. The monoisotopic (exact) mass is 348 g/mol. The highest BCUT2D eigenvalue weighted by Crippen LogP contribution is 2.63. The van der Waals surface area contributed by atoms with Crippen LogP contribution in [0.5, 0.6) is 11.5 Å². The van der Waals surface area contributed by atoms with Crippen LogP contribution in [0, 0.1) is 0 Å². The van der Waals surface area contributed by atoms with E-state index in [2.05, 4.69) is 48.5 Å². The topological polar surface area (TPSA) is 40.5 Å². The van der Waals surface area contributed by atoms with Crippen LogP contribution in [0.1, 0.15) is 22.3 Å². The first kappa shape index (κ1) is 14.6. The Labute approximate surface area is 157 Å². The largest absolute Gasteiger partial charge is 0.508 e. The van der Waals surface area contributed by atoms with E-state index in [9.17, 15) is 10.2 Å². The van der Waals surface area contributed by atoms with E-state index in [4.69, 9.17) is 0 Å². The maximum Gasteiger partial charge on any atom is 0.116 e. The first-order valence-corrected chi connectivity index (χ1v) is 9.08. The highest BCUT2D eigenvalue weighted by atomic mass is 16.3. The molecule has 2 aliphatic carbocycles. The third-order valence-corrected chi connectivity index (χ3v) is 6.06. The van der Waals surface area contributed by atoms with Gasteiger partial charge in [0.25, 0.3) is 0 Å². The number of fused-ring (bicyclic) bond motifs is 10. The summed E-state index contributed by atoms with van der Waals surface area (Å²) in [4.78, 5) is 0. The lowest BCUT2D eigenvalue weighted by Gasteiger charge is -2.30. The summed E-state index contributed by atoms with van der Waals surface area (Å²) in [6.45, 7) is 0. The molecule has 0 radical (unpaired) electrons.